The van der Waals surface area contributed by atoms with Gasteiger partial charge in [-0.3, -0.25) is 9.69 Å². The van der Waals surface area contributed by atoms with Crippen LogP contribution in [0, 0.1) is 0 Å². The molecular formula is C16H22ClN3O3S. The van der Waals surface area contributed by atoms with E-state index in [1.54, 1.807) is 31.4 Å². The van der Waals surface area contributed by atoms with Crippen LogP contribution in [-0.2, 0) is 11.3 Å². The topological polar surface area (TPSA) is 77.7 Å². The van der Waals surface area contributed by atoms with Crippen molar-refractivity contribution < 1.29 is 14.3 Å². The van der Waals surface area contributed by atoms with E-state index in [4.69, 9.17) is 15.2 Å². The molecular weight excluding hydrogens is 350 g/mol. The Kier molecular flexibility index (Phi) is 8.53. The Balaban J connectivity index is 0.00000288. The van der Waals surface area contributed by atoms with Crippen LogP contribution in [0.15, 0.2) is 29.8 Å². The summed E-state index contributed by atoms with van der Waals surface area (Å²) < 4.78 is 10.6. The highest BCUT2D eigenvalue weighted by Gasteiger charge is 2.20. The Bertz CT molecular complexity index is 638. The second kappa shape index (κ2) is 10.1. The lowest BCUT2D eigenvalue weighted by atomic mass is 10.1. The summed E-state index contributed by atoms with van der Waals surface area (Å²) in [6.45, 7) is 0.882. The normalized spacial score (nSPS) is 9.96. The molecule has 0 fully saturated rings. The molecule has 6 nitrogen and oxygen atoms in total. The SMILES string of the molecule is COc1ccc(CN(C(=O)CCCN)c2nccs2)c(OC)c1.Cl. The Morgan fingerprint density at radius 3 is 2.71 bits per heavy atom. The van der Waals surface area contributed by atoms with Gasteiger partial charge >= 0.3 is 0 Å². The van der Waals surface area contributed by atoms with E-state index in [2.05, 4.69) is 4.98 Å². The van der Waals surface area contributed by atoms with E-state index in [0.717, 1.165) is 5.56 Å². The fraction of sp³-hybridized carbons (Fsp3) is 0.375. The molecule has 0 spiro atoms. The largest absolute Gasteiger partial charge is 0.497 e. The summed E-state index contributed by atoms with van der Waals surface area (Å²) >= 11 is 1.43. The molecule has 2 N–H and O–H groups in total. The molecule has 24 heavy (non-hydrogen) atoms. The van der Waals surface area contributed by atoms with Crippen LogP contribution in [0.4, 0.5) is 5.13 Å². The van der Waals surface area contributed by atoms with Gasteiger partial charge in [-0.2, -0.15) is 0 Å². The average molecular weight is 372 g/mol. The first-order chi connectivity index (χ1) is 11.2. The third-order valence-corrected chi connectivity index (χ3v) is 4.16. The molecule has 1 heterocycles. The molecule has 132 valence electrons. The van der Waals surface area contributed by atoms with Gasteiger partial charge in [-0.05, 0) is 25.1 Å². The Labute approximate surface area is 152 Å². The minimum Gasteiger partial charge on any atom is -0.497 e. The number of hydrogen-bond donors (Lipinski definition) is 1. The molecule has 0 saturated carbocycles. The van der Waals surface area contributed by atoms with Crippen molar-refractivity contribution in [2.75, 3.05) is 25.7 Å². The molecule has 1 aromatic heterocycles. The van der Waals surface area contributed by atoms with E-state index < -0.39 is 0 Å². The van der Waals surface area contributed by atoms with Gasteiger partial charge in [0, 0.05) is 29.6 Å². The lowest BCUT2D eigenvalue weighted by Crippen LogP contribution is -2.30. The third-order valence-electron chi connectivity index (χ3n) is 3.37. The zero-order valence-corrected chi connectivity index (χ0v) is 15.4. The number of amides is 1. The van der Waals surface area contributed by atoms with Gasteiger partial charge < -0.3 is 15.2 Å². The smallest absolute Gasteiger partial charge is 0.229 e. The van der Waals surface area contributed by atoms with Gasteiger partial charge in [-0.15, -0.1) is 23.7 Å². The molecule has 0 aliphatic carbocycles. The number of nitrogens with two attached hydrogens (primary N) is 1. The van der Waals surface area contributed by atoms with E-state index in [0.29, 0.717) is 42.6 Å². The number of rotatable bonds is 8. The van der Waals surface area contributed by atoms with Crippen molar-refractivity contribution in [1.29, 1.82) is 0 Å². The van der Waals surface area contributed by atoms with Gasteiger partial charge in [-0.1, -0.05) is 0 Å². The van der Waals surface area contributed by atoms with E-state index in [-0.39, 0.29) is 18.3 Å². The number of methoxy groups -OCH3 is 2. The van der Waals surface area contributed by atoms with Gasteiger partial charge in [0.2, 0.25) is 5.91 Å². The van der Waals surface area contributed by atoms with E-state index in [9.17, 15) is 4.79 Å². The number of thiazole rings is 1. The minimum atomic E-state index is 0. The standard InChI is InChI=1S/C16H21N3O3S.ClH/c1-21-13-6-5-12(14(10-13)22-2)11-19(15(20)4-3-7-17)16-18-8-9-23-16;/h5-6,8-10H,3-4,7,11,17H2,1-2H3;1H. The maximum Gasteiger partial charge on any atom is 0.229 e. The number of ether oxygens (including phenoxy) is 2. The van der Waals surface area contributed by atoms with Crippen LogP contribution in [0.2, 0.25) is 0 Å². The summed E-state index contributed by atoms with van der Waals surface area (Å²) in [5.41, 5.74) is 6.40. The van der Waals surface area contributed by atoms with Crippen LogP contribution < -0.4 is 20.1 Å². The molecule has 1 aromatic carbocycles. The monoisotopic (exact) mass is 371 g/mol. The lowest BCUT2D eigenvalue weighted by Gasteiger charge is -2.21. The summed E-state index contributed by atoms with van der Waals surface area (Å²) in [5, 5.41) is 2.52. The number of aromatic nitrogens is 1. The van der Waals surface area contributed by atoms with Crippen LogP contribution in [0.3, 0.4) is 0 Å². The quantitative estimate of drug-likeness (QED) is 0.772. The molecule has 8 heteroatoms. The number of halogens is 1. The van der Waals surface area contributed by atoms with Crippen molar-refractivity contribution in [3.05, 3.63) is 35.3 Å². The van der Waals surface area contributed by atoms with Crippen LogP contribution in [0.5, 0.6) is 11.5 Å². The van der Waals surface area contributed by atoms with Crippen LogP contribution in [-0.4, -0.2) is 31.7 Å². The van der Waals surface area contributed by atoms with Crippen molar-refractivity contribution in [3.63, 3.8) is 0 Å². The Morgan fingerprint density at radius 1 is 1.33 bits per heavy atom. The van der Waals surface area contributed by atoms with Crippen LogP contribution >= 0.6 is 23.7 Å². The summed E-state index contributed by atoms with van der Waals surface area (Å²) in [6, 6.07) is 5.55. The van der Waals surface area contributed by atoms with Crippen molar-refractivity contribution in [2.24, 2.45) is 5.73 Å². The van der Waals surface area contributed by atoms with Crippen LogP contribution in [0.1, 0.15) is 18.4 Å². The summed E-state index contributed by atoms with van der Waals surface area (Å²) in [7, 11) is 3.20. The molecule has 0 saturated heterocycles. The third kappa shape index (κ3) is 5.09. The number of benzene rings is 1. The Hall–Kier alpha value is -1.83. The number of carbonyl (C=O) groups is 1. The molecule has 1 amide bonds. The van der Waals surface area contributed by atoms with Crippen molar-refractivity contribution >= 4 is 34.8 Å². The molecule has 2 rings (SSSR count). The molecule has 0 bridgehead atoms. The summed E-state index contributed by atoms with van der Waals surface area (Å²) in [6.07, 6.45) is 2.74. The van der Waals surface area contributed by atoms with Crippen molar-refractivity contribution in [2.45, 2.75) is 19.4 Å². The van der Waals surface area contributed by atoms with Crippen molar-refractivity contribution in [1.82, 2.24) is 4.98 Å². The first-order valence-corrected chi connectivity index (χ1v) is 8.18. The highest BCUT2D eigenvalue weighted by molar-refractivity contribution is 7.13. The number of anilines is 1. The molecule has 0 atom stereocenters. The Morgan fingerprint density at radius 2 is 2.12 bits per heavy atom. The lowest BCUT2D eigenvalue weighted by molar-refractivity contribution is -0.118. The van der Waals surface area contributed by atoms with E-state index in [1.807, 2.05) is 17.5 Å². The van der Waals surface area contributed by atoms with Gasteiger partial charge in [0.1, 0.15) is 11.5 Å². The minimum absolute atomic E-state index is 0. The van der Waals surface area contributed by atoms with Crippen LogP contribution in [0.25, 0.3) is 0 Å². The first-order valence-electron chi connectivity index (χ1n) is 7.30. The summed E-state index contributed by atoms with van der Waals surface area (Å²) in [5.74, 6) is 1.39. The van der Waals surface area contributed by atoms with Gasteiger partial charge in [-0.25, -0.2) is 4.98 Å². The zero-order valence-electron chi connectivity index (χ0n) is 13.7. The molecule has 0 aliphatic heterocycles. The zero-order chi connectivity index (χ0) is 16.7. The fourth-order valence-corrected chi connectivity index (χ4v) is 2.81. The highest BCUT2D eigenvalue weighted by Crippen LogP contribution is 2.28. The second-order valence-corrected chi connectivity index (χ2v) is 5.74. The molecule has 2 aromatic rings. The molecule has 0 radical (unpaired) electrons. The fourth-order valence-electron chi connectivity index (χ4n) is 2.15. The maximum atomic E-state index is 12.5. The van der Waals surface area contributed by atoms with Gasteiger partial charge in [0.25, 0.3) is 0 Å². The molecule has 0 unspecified atom stereocenters. The predicted octanol–water partition coefficient (Wildman–Crippen LogP) is 2.85. The number of carbonyl (C=O) groups excluding carboxylic acids is 1. The van der Waals surface area contributed by atoms with Gasteiger partial charge in [0.05, 0.1) is 20.8 Å². The summed E-state index contributed by atoms with van der Waals surface area (Å²) in [4.78, 5) is 18.4. The molecule has 0 aliphatic rings. The van der Waals surface area contributed by atoms with Crippen molar-refractivity contribution in [3.8, 4) is 11.5 Å². The average Bonchev–Trinajstić information content (AvgIpc) is 3.11. The van der Waals surface area contributed by atoms with E-state index >= 15 is 0 Å². The number of hydrogen-bond acceptors (Lipinski definition) is 6. The second-order valence-electron chi connectivity index (χ2n) is 4.86. The number of nitrogens with zero attached hydrogens (tertiary/aromatic N) is 2. The maximum absolute atomic E-state index is 12.5. The highest BCUT2D eigenvalue weighted by atomic mass is 35.5. The first kappa shape index (κ1) is 20.2. The van der Waals surface area contributed by atoms with E-state index in [1.165, 1.54) is 11.3 Å². The predicted molar refractivity (Wildman–Crippen MR) is 98.4 cm³/mol. The van der Waals surface area contributed by atoms with Gasteiger partial charge in [0.15, 0.2) is 5.13 Å².